The molecule has 0 N–H and O–H groups in total. The molecule has 0 atom stereocenters. The van der Waals surface area contributed by atoms with E-state index in [1.807, 2.05) is 13.8 Å². The Morgan fingerprint density at radius 1 is 1.27 bits per heavy atom. The maximum absolute atomic E-state index is 5.06. The van der Waals surface area contributed by atoms with Gasteiger partial charge >= 0.3 is 0 Å². The molecule has 0 aliphatic carbocycles. The van der Waals surface area contributed by atoms with E-state index >= 15 is 0 Å². The van der Waals surface area contributed by atoms with Crippen molar-refractivity contribution >= 4 is 0 Å². The Labute approximate surface area is 70.1 Å². The molecule has 64 valence electrons. The van der Waals surface area contributed by atoms with Crippen molar-refractivity contribution in [3.05, 3.63) is 0 Å². The van der Waals surface area contributed by atoms with E-state index in [-0.39, 0.29) is 6.10 Å². The van der Waals surface area contributed by atoms with Crippen molar-refractivity contribution < 1.29 is 4.74 Å². The molecule has 0 saturated carbocycles. The van der Waals surface area contributed by atoms with Gasteiger partial charge in [0.15, 0.2) is 0 Å². The van der Waals surface area contributed by atoms with Crippen LogP contribution in [0.1, 0.15) is 46.5 Å². The van der Waals surface area contributed by atoms with E-state index in [9.17, 15) is 0 Å². The second kappa shape index (κ2) is 7.47. The molecular formula is C10H18O. The molecule has 0 unspecified atom stereocenters. The van der Waals surface area contributed by atoms with Crippen LogP contribution in [0.15, 0.2) is 0 Å². The van der Waals surface area contributed by atoms with Crippen molar-refractivity contribution in [1.82, 2.24) is 0 Å². The van der Waals surface area contributed by atoms with Crippen molar-refractivity contribution in [2.75, 3.05) is 0 Å². The third-order valence-corrected chi connectivity index (χ3v) is 1.27. The van der Waals surface area contributed by atoms with Gasteiger partial charge in [-0.1, -0.05) is 25.7 Å². The smallest absolute Gasteiger partial charge is 0.110 e. The van der Waals surface area contributed by atoms with Crippen molar-refractivity contribution in [1.29, 1.82) is 0 Å². The van der Waals surface area contributed by atoms with Crippen molar-refractivity contribution in [3.8, 4) is 12.0 Å². The molecule has 0 aliphatic heterocycles. The quantitative estimate of drug-likeness (QED) is 0.447. The Morgan fingerprint density at radius 2 is 2.00 bits per heavy atom. The summed E-state index contributed by atoms with van der Waals surface area (Å²) in [5, 5.41) is 0. The molecule has 0 aromatic heterocycles. The van der Waals surface area contributed by atoms with Crippen LogP contribution in [0.3, 0.4) is 0 Å². The Morgan fingerprint density at radius 3 is 2.55 bits per heavy atom. The molecule has 0 saturated heterocycles. The van der Waals surface area contributed by atoms with Crippen LogP contribution in [-0.2, 0) is 4.74 Å². The highest BCUT2D eigenvalue weighted by atomic mass is 16.5. The fourth-order valence-electron chi connectivity index (χ4n) is 0.674. The van der Waals surface area contributed by atoms with Gasteiger partial charge in [-0.15, -0.1) is 0 Å². The molecule has 0 amide bonds. The lowest BCUT2D eigenvalue weighted by Gasteiger charge is -1.97. The summed E-state index contributed by atoms with van der Waals surface area (Å²) in [4.78, 5) is 0. The molecule has 0 bridgehead atoms. The minimum absolute atomic E-state index is 0.230. The fraction of sp³-hybridized carbons (Fsp3) is 0.800. The molecule has 0 radical (unpaired) electrons. The largest absolute Gasteiger partial charge is 0.444 e. The molecule has 0 aromatic rings. The van der Waals surface area contributed by atoms with Gasteiger partial charge in [0.05, 0.1) is 0 Å². The van der Waals surface area contributed by atoms with Crippen LogP contribution in [0.4, 0.5) is 0 Å². The van der Waals surface area contributed by atoms with Crippen LogP contribution >= 0.6 is 0 Å². The van der Waals surface area contributed by atoms with Crippen molar-refractivity contribution in [2.24, 2.45) is 0 Å². The Bertz CT molecular complexity index is 128. The number of ether oxygens (including phenoxy) is 1. The minimum Gasteiger partial charge on any atom is -0.444 e. The molecule has 0 heterocycles. The van der Waals surface area contributed by atoms with Crippen LogP contribution < -0.4 is 0 Å². The summed E-state index contributed by atoms with van der Waals surface area (Å²) < 4.78 is 5.06. The number of hydrogen-bond acceptors (Lipinski definition) is 1. The lowest BCUT2D eigenvalue weighted by Crippen LogP contribution is -1.94. The highest BCUT2D eigenvalue weighted by molar-refractivity contribution is 4.91. The van der Waals surface area contributed by atoms with Gasteiger partial charge in [0.25, 0.3) is 0 Å². The molecule has 0 rings (SSSR count). The Hall–Kier alpha value is -0.640. The minimum atomic E-state index is 0.230. The number of hydrogen-bond donors (Lipinski definition) is 0. The maximum Gasteiger partial charge on any atom is 0.110 e. The van der Waals surface area contributed by atoms with Gasteiger partial charge in [-0.2, -0.15) is 0 Å². The van der Waals surface area contributed by atoms with Crippen LogP contribution in [0.5, 0.6) is 0 Å². The normalized spacial score (nSPS) is 9.09. The molecule has 1 nitrogen and oxygen atoms in total. The summed E-state index contributed by atoms with van der Waals surface area (Å²) in [6.45, 7) is 6.17. The predicted molar refractivity (Wildman–Crippen MR) is 48.1 cm³/mol. The maximum atomic E-state index is 5.06. The second-order valence-corrected chi connectivity index (χ2v) is 2.90. The summed E-state index contributed by atoms with van der Waals surface area (Å²) in [5.41, 5.74) is 0. The molecule has 0 aliphatic rings. The average molecular weight is 154 g/mol. The summed E-state index contributed by atoms with van der Waals surface area (Å²) >= 11 is 0. The molecular weight excluding hydrogens is 136 g/mol. The zero-order valence-electron chi connectivity index (χ0n) is 7.81. The fourth-order valence-corrected chi connectivity index (χ4v) is 0.674. The standard InChI is InChI=1S/C10H18O/c1-4-5-6-7-8-9-11-10(2)3/h10H,4-7H2,1-3H3. The van der Waals surface area contributed by atoms with E-state index in [0.29, 0.717) is 0 Å². The lowest BCUT2D eigenvalue weighted by atomic mass is 10.2. The summed E-state index contributed by atoms with van der Waals surface area (Å²) in [5.74, 6) is 2.98. The van der Waals surface area contributed by atoms with Crippen LogP contribution in [0.2, 0.25) is 0 Å². The van der Waals surface area contributed by atoms with E-state index in [4.69, 9.17) is 4.74 Å². The van der Waals surface area contributed by atoms with Gasteiger partial charge < -0.3 is 4.74 Å². The van der Waals surface area contributed by atoms with Crippen molar-refractivity contribution in [2.45, 2.75) is 52.6 Å². The van der Waals surface area contributed by atoms with Crippen LogP contribution in [-0.4, -0.2) is 6.10 Å². The molecule has 0 aromatic carbocycles. The first-order valence-electron chi connectivity index (χ1n) is 4.41. The Kier molecular flexibility index (Phi) is 7.03. The zero-order valence-corrected chi connectivity index (χ0v) is 7.81. The highest BCUT2D eigenvalue weighted by Gasteiger charge is 1.85. The number of unbranched alkanes of at least 4 members (excludes halogenated alkanes) is 3. The van der Waals surface area contributed by atoms with Crippen LogP contribution in [0, 0.1) is 12.0 Å². The first-order valence-corrected chi connectivity index (χ1v) is 4.41. The monoisotopic (exact) mass is 154 g/mol. The van der Waals surface area contributed by atoms with Crippen molar-refractivity contribution in [3.63, 3.8) is 0 Å². The SMILES string of the molecule is CCCCCC#COC(C)C. The first-order chi connectivity index (χ1) is 5.27. The highest BCUT2D eigenvalue weighted by Crippen LogP contribution is 1.96. The van der Waals surface area contributed by atoms with E-state index in [0.717, 1.165) is 6.42 Å². The van der Waals surface area contributed by atoms with Crippen LogP contribution in [0.25, 0.3) is 0 Å². The summed E-state index contributed by atoms with van der Waals surface area (Å²) in [7, 11) is 0. The average Bonchev–Trinajstić information content (AvgIpc) is 1.96. The second-order valence-electron chi connectivity index (χ2n) is 2.90. The third kappa shape index (κ3) is 9.36. The topological polar surface area (TPSA) is 9.23 Å². The van der Waals surface area contributed by atoms with Gasteiger partial charge in [0.2, 0.25) is 0 Å². The molecule has 1 heteroatoms. The molecule has 0 fully saturated rings. The van der Waals surface area contributed by atoms with Gasteiger partial charge in [0, 0.05) is 6.42 Å². The van der Waals surface area contributed by atoms with E-state index in [1.165, 1.54) is 19.3 Å². The Balaban J connectivity index is 3.12. The summed E-state index contributed by atoms with van der Waals surface area (Å²) in [6, 6.07) is 0. The van der Waals surface area contributed by atoms with Gasteiger partial charge in [-0.25, -0.2) is 0 Å². The zero-order chi connectivity index (χ0) is 8.53. The van der Waals surface area contributed by atoms with Gasteiger partial charge in [-0.3, -0.25) is 0 Å². The summed E-state index contributed by atoms with van der Waals surface area (Å²) in [6.07, 6.45) is 7.63. The number of rotatable bonds is 4. The third-order valence-electron chi connectivity index (χ3n) is 1.27. The molecule has 0 spiro atoms. The van der Waals surface area contributed by atoms with Gasteiger partial charge in [-0.05, 0) is 20.3 Å². The lowest BCUT2D eigenvalue weighted by molar-refractivity contribution is 0.204. The van der Waals surface area contributed by atoms with E-state index in [1.54, 1.807) is 0 Å². The molecule has 11 heavy (non-hydrogen) atoms. The predicted octanol–water partition coefficient (Wildman–Crippen LogP) is 2.95. The van der Waals surface area contributed by atoms with Gasteiger partial charge in [0.1, 0.15) is 12.2 Å². The first kappa shape index (κ1) is 10.4. The van der Waals surface area contributed by atoms with E-state index < -0.39 is 0 Å². The van der Waals surface area contributed by atoms with E-state index in [2.05, 4.69) is 19.0 Å².